The fourth-order valence-electron chi connectivity index (χ4n) is 4.73. The molecule has 0 saturated carbocycles. The van der Waals surface area contributed by atoms with Crippen LogP contribution in [0.1, 0.15) is 39.8 Å². The number of nitrogens with two attached hydrogens (primary N) is 1. The highest BCUT2D eigenvalue weighted by atomic mass is 35.5. The van der Waals surface area contributed by atoms with E-state index in [9.17, 15) is 0 Å². The summed E-state index contributed by atoms with van der Waals surface area (Å²) in [6.07, 6.45) is 1.03. The van der Waals surface area contributed by atoms with Gasteiger partial charge in [0.1, 0.15) is 5.84 Å². The summed E-state index contributed by atoms with van der Waals surface area (Å²) in [6.45, 7) is 0. The van der Waals surface area contributed by atoms with E-state index in [0.29, 0.717) is 11.8 Å². The van der Waals surface area contributed by atoms with Crippen LogP contribution in [-0.2, 0) is 6.42 Å². The van der Waals surface area contributed by atoms with Crippen LogP contribution in [0.15, 0.2) is 66.7 Å². The maximum Gasteiger partial charge on any atom is 0.122 e. The Bertz CT molecular complexity index is 1040. The molecule has 1 aliphatic carbocycles. The SMILES string of the molecule is N=C(N)c1ccc2c(c1)C1c3ccccc3CC1C(c1ccc(Cl)cc1)N2. The van der Waals surface area contributed by atoms with Crippen molar-refractivity contribution in [1.29, 1.82) is 5.41 Å². The molecule has 0 fully saturated rings. The average molecular weight is 374 g/mol. The third-order valence-electron chi connectivity index (χ3n) is 5.94. The van der Waals surface area contributed by atoms with E-state index in [1.54, 1.807) is 0 Å². The molecule has 4 heteroatoms. The molecule has 0 amide bonds. The van der Waals surface area contributed by atoms with Gasteiger partial charge in [-0.1, -0.05) is 48.0 Å². The van der Waals surface area contributed by atoms with Crippen LogP contribution in [0.2, 0.25) is 5.02 Å². The van der Waals surface area contributed by atoms with E-state index < -0.39 is 0 Å². The number of amidine groups is 1. The molecular weight excluding hydrogens is 354 g/mol. The number of rotatable bonds is 2. The normalized spacial score (nSPS) is 22.3. The fraction of sp³-hybridized carbons (Fsp3) is 0.174. The molecule has 4 N–H and O–H groups in total. The average Bonchev–Trinajstić information content (AvgIpc) is 3.07. The molecule has 0 spiro atoms. The molecule has 2 aliphatic rings. The van der Waals surface area contributed by atoms with E-state index in [-0.39, 0.29) is 11.9 Å². The summed E-state index contributed by atoms with van der Waals surface area (Å²) < 4.78 is 0. The molecule has 1 aliphatic heterocycles. The number of nitrogens with one attached hydrogen (secondary N) is 2. The van der Waals surface area contributed by atoms with Crippen LogP contribution in [0.3, 0.4) is 0 Å². The first kappa shape index (κ1) is 16.4. The smallest absolute Gasteiger partial charge is 0.122 e. The third kappa shape index (κ3) is 2.62. The summed E-state index contributed by atoms with van der Waals surface area (Å²) in [5.74, 6) is 0.830. The van der Waals surface area contributed by atoms with E-state index in [1.165, 1.54) is 22.3 Å². The van der Waals surface area contributed by atoms with Crippen LogP contribution in [0.4, 0.5) is 5.69 Å². The lowest BCUT2D eigenvalue weighted by Gasteiger charge is -2.38. The second-order valence-corrected chi connectivity index (χ2v) is 7.87. The molecule has 3 aromatic rings. The van der Waals surface area contributed by atoms with Gasteiger partial charge < -0.3 is 11.1 Å². The van der Waals surface area contributed by atoms with E-state index >= 15 is 0 Å². The van der Waals surface area contributed by atoms with Gasteiger partial charge in [-0.2, -0.15) is 0 Å². The van der Waals surface area contributed by atoms with E-state index in [2.05, 4.69) is 53.8 Å². The molecule has 3 unspecified atom stereocenters. The standard InChI is InChI=1S/C23H20ClN3/c24-16-8-5-13(6-9-16)22-19-11-14-3-1-2-4-17(14)21(19)18-12-15(23(25)26)7-10-20(18)27-22/h1-10,12,19,21-22,27H,11H2,(H3,25,26). The van der Waals surface area contributed by atoms with Crippen LogP contribution < -0.4 is 11.1 Å². The zero-order chi connectivity index (χ0) is 18.5. The molecule has 0 saturated heterocycles. The first-order valence-electron chi connectivity index (χ1n) is 9.20. The van der Waals surface area contributed by atoms with Crippen LogP contribution >= 0.6 is 11.6 Å². The van der Waals surface area contributed by atoms with Crippen LogP contribution in [0.5, 0.6) is 0 Å². The Labute approximate surface area is 163 Å². The molecule has 3 aromatic carbocycles. The summed E-state index contributed by atoms with van der Waals surface area (Å²) in [5, 5.41) is 12.3. The summed E-state index contributed by atoms with van der Waals surface area (Å²) >= 11 is 6.11. The van der Waals surface area contributed by atoms with Gasteiger partial charge in [0.15, 0.2) is 0 Å². The lowest BCUT2D eigenvalue weighted by atomic mass is 9.75. The predicted molar refractivity (Wildman–Crippen MR) is 111 cm³/mol. The Hall–Kier alpha value is -2.78. The van der Waals surface area contributed by atoms with Crippen molar-refractivity contribution in [2.45, 2.75) is 18.4 Å². The van der Waals surface area contributed by atoms with Gasteiger partial charge in [0, 0.05) is 22.2 Å². The molecule has 1 heterocycles. The van der Waals surface area contributed by atoms with Crippen molar-refractivity contribution in [3.8, 4) is 0 Å². The minimum atomic E-state index is 0.112. The Morgan fingerprint density at radius 1 is 1.00 bits per heavy atom. The molecule has 0 bridgehead atoms. The highest BCUT2D eigenvalue weighted by Crippen LogP contribution is 2.53. The van der Waals surface area contributed by atoms with E-state index in [1.807, 2.05) is 18.2 Å². The molecule has 134 valence electrons. The van der Waals surface area contributed by atoms with Gasteiger partial charge in [-0.05, 0) is 64.9 Å². The minimum absolute atomic E-state index is 0.112. The Morgan fingerprint density at radius 3 is 2.56 bits per heavy atom. The summed E-state index contributed by atoms with van der Waals surface area (Å²) in [4.78, 5) is 0. The van der Waals surface area contributed by atoms with Crippen molar-refractivity contribution in [3.05, 3.63) is 99.6 Å². The second kappa shape index (κ2) is 6.14. The highest BCUT2D eigenvalue weighted by molar-refractivity contribution is 6.30. The van der Waals surface area contributed by atoms with Crippen molar-refractivity contribution in [2.24, 2.45) is 11.7 Å². The minimum Gasteiger partial charge on any atom is -0.384 e. The summed E-state index contributed by atoms with van der Waals surface area (Å²) in [6, 6.07) is 23.2. The zero-order valence-electron chi connectivity index (χ0n) is 14.7. The number of nitrogen functional groups attached to an aromatic ring is 1. The first-order chi connectivity index (χ1) is 13.1. The number of benzene rings is 3. The predicted octanol–water partition coefficient (Wildman–Crippen LogP) is 5.10. The maximum absolute atomic E-state index is 7.83. The second-order valence-electron chi connectivity index (χ2n) is 7.43. The van der Waals surface area contributed by atoms with Crippen LogP contribution in [0.25, 0.3) is 0 Å². The molecule has 3 nitrogen and oxygen atoms in total. The number of anilines is 1. The highest BCUT2D eigenvalue weighted by Gasteiger charge is 2.43. The topological polar surface area (TPSA) is 61.9 Å². The Balaban J connectivity index is 1.68. The van der Waals surface area contributed by atoms with Gasteiger partial charge >= 0.3 is 0 Å². The van der Waals surface area contributed by atoms with Crippen molar-refractivity contribution in [1.82, 2.24) is 0 Å². The first-order valence-corrected chi connectivity index (χ1v) is 9.58. The maximum atomic E-state index is 7.83. The Kier molecular flexibility index (Phi) is 3.73. The van der Waals surface area contributed by atoms with E-state index in [0.717, 1.165) is 22.7 Å². The van der Waals surface area contributed by atoms with Crippen molar-refractivity contribution < 1.29 is 0 Å². The molecule has 27 heavy (non-hydrogen) atoms. The fourth-order valence-corrected chi connectivity index (χ4v) is 4.85. The third-order valence-corrected chi connectivity index (χ3v) is 6.19. The summed E-state index contributed by atoms with van der Waals surface area (Å²) in [5.41, 5.74) is 13.0. The quantitative estimate of drug-likeness (QED) is 0.432. The number of hydrogen-bond acceptors (Lipinski definition) is 2. The zero-order valence-corrected chi connectivity index (χ0v) is 15.5. The van der Waals surface area contributed by atoms with Gasteiger partial charge in [0.05, 0.1) is 6.04 Å². The monoisotopic (exact) mass is 373 g/mol. The van der Waals surface area contributed by atoms with Crippen LogP contribution in [-0.4, -0.2) is 5.84 Å². The Morgan fingerprint density at radius 2 is 1.78 bits per heavy atom. The van der Waals surface area contributed by atoms with Gasteiger partial charge in [-0.3, -0.25) is 5.41 Å². The summed E-state index contributed by atoms with van der Waals surface area (Å²) in [7, 11) is 0. The molecule has 5 rings (SSSR count). The molecule has 0 radical (unpaired) electrons. The van der Waals surface area contributed by atoms with Crippen molar-refractivity contribution in [3.63, 3.8) is 0 Å². The lowest BCUT2D eigenvalue weighted by Crippen LogP contribution is -2.30. The number of fused-ring (bicyclic) bond motifs is 5. The van der Waals surface area contributed by atoms with E-state index in [4.69, 9.17) is 22.7 Å². The molecule has 0 aromatic heterocycles. The van der Waals surface area contributed by atoms with Gasteiger partial charge in [0.25, 0.3) is 0 Å². The lowest BCUT2D eigenvalue weighted by molar-refractivity contribution is 0.421. The van der Waals surface area contributed by atoms with Gasteiger partial charge in [0.2, 0.25) is 0 Å². The van der Waals surface area contributed by atoms with Crippen LogP contribution in [0, 0.1) is 11.3 Å². The largest absolute Gasteiger partial charge is 0.384 e. The number of halogens is 1. The van der Waals surface area contributed by atoms with Gasteiger partial charge in [-0.15, -0.1) is 0 Å². The van der Waals surface area contributed by atoms with Crippen molar-refractivity contribution >= 4 is 23.1 Å². The molecule has 3 atom stereocenters. The number of hydrogen-bond donors (Lipinski definition) is 3. The van der Waals surface area contributed by atoms with Crippen molar-refractivity contribution in [2.75, 3.05) is 5.32 Å². The molecular formula is C23H20ClN3. The van der Waals surface area contributed by atoms with Gasteiger partial charge in [-0.25, -0.2) is 0 Å².